The van der Waals surface area contributed by atoms with Gasteiger partial charge in [0.05, 0.1) is 27.8 Å². The molecular formula is C57H35N5. The Bertz CT molecular complexity index is 3850. The molecule has 3 heterocycles. The lowest BCUT2D eigenvalue weighted by Gasteiger charge is -2.19. The van der Waals surface area contributed by atoms with Gasteiger partial charge in [0, 0.05) is 54.7 Å². The smallest absolute Gasteiger partial charge is 0.164 e. The van der Waals surface area contributed by atoms with E-state index in [0.717, 1.165) is 49.7 Å². The molecule has 0 radical (unpaired) electrons. The molecule has 0 N–H and O–H groups in total. The molecule has 13 aromatic rings. The molecule has 0 aliphatic carbocycles. The monoisotopic (exact) mass is 789 g/mol. The maximum absolute atomic E-state index is 5.25. The summed E-state index contributed by atoms with van der Waals surface area (Å²) in [7, 11) is 0. The van der Waals surface area contributed by atoms with Crippen molar-refractivity contribution in [2.24, 2.45) is 0 Å². The first-order valence-corrected chi connectivity index (χ1v) is 21.0. The Balaban J connectivity index is 1.19. The van der Waals surface area contributed by atoms with Gasteiger partial charge in [-0.3, -0.25) is 0 Å². The van der Waals surface area contributed by atoms with Crippen LogP contribution in [0.4, 0.5) is 0 Å². The number of fused-ring (bicyclic) bond motifs is 13. The fraction of sp³-hybridized carbons (Fsp3) is 0. The Morgan fingerprint density at radius 3 is 1.37 bits per heavy atom. The summed E-state index contributed by atoms with van der Waals surface area (Å²) in [5.74, 6) is 1.91. The Kier molecular flexibility index (Phi) is 7.54. The summed E-state index contributed by atoms with van der Waals surface area (Å²) in [6.07, 6.45) is 0. The molecular weight excluding hydrogens is 755 g/mol. The highest BCUT2D eigenvalue weighted by Gasteiger charge is 2.24. The van der Waals surface area contributed by atoms with E-state index < -0.39 is 0 Å². The summed E-state index contributed by atoms with van der Waals surface area (Å²) in [5, 5.41) is 11.8. The fourth-order valence-electron chi connectivity index (χ4n) is 9.93. The number of benzene rings is 10. The van der Waals surface area contributed by atoms with Gasteiger partial charge < -0.3 is 9.13 Å². The molecule has 0 spiro atoms. The van der Waals surface area contributed by atoms with Crippen LogP contribution in [0.25, 0.3) is 121 Å². The van der Waals surface area contributed by atoms with E-state index in [1.807, 2.05) is 36.4 Å². The molecule has 0 aliphatic rings. The number of hydrogen-bond acceptors (Lipinski definition) is 3. The minimum Gasteiger partial charge on any atom is -0.307 e. The first kappa shape index (κ1) is 34.5. The zero-order valence-corrected chi connectivity index (χ0v) is 33.4. The summed E-state index contributed by atoms with van der Waals surface area (Å²) in [6, 6.07) is 75.6. The van der Waals surface area contributed by atoms with Crippen molar-refractivity contribution in [3.05, 3.63) is 212 Å². The quantitative estimate of drug-likeness (QED) is 0.163. The van der Waals surface area contributed by atoms with Gasteiger partial charge in [-0.1, -0.05) is 182 Å². The SMILES string of the molecule is c1ccc(-c2nc(-c3ccccc3)nc(-c3cccc4c3c3ccccc3c3cccc(-n5c6ccccc6c6ccc7c8ccccc8n(-c8ccccc8)c7c65)c34)n2)cc1. The molecule has 0 aliphatic heterocycles. The van der Waals surface area contributed by atoms with Crippen molar-refractivity contribution in [1.29, 1.82) is 0 Å². The highest BCUT2D eigenvalue weighted by atomic mass is 15.1. The normalized spacial score (nSPS) is 11.9. The number of para-hydroxylation sites is 3. The van der Waals surface area contributed by atoms with Gasteiger partial charge in [-0.15, -0.1) is 0 Å². The molecule has 10 aromatic carbocycles. The predicted octanol–water partition coefficient (Wildman–Crippen LogP) is 14.5. The molecule has 0 amide bonds. The summed E-state index contributed by atoms with van der Waals surface area (Å²) in [4.78, 5) is 15.5. The third-order valence-electron chi connectivity index (χ3n) is 12.5. The predicted molar refractivity (Wildman–Crippen MR) is 257 cm³/mol. The maximum Gasteiger partial charge on any atom is 0.164 e. The highest BCUT2D eigenvalue weighted by Crippen LogP contribution is 2.46. The number of rotatable bonds is 5. The van der Waals surface area contributed by atoms with Gasteiger partial charge in [0.2, 0.25) is 0 Å². The van der Waals surface area contributed by atoms with Crippen LogP contribution < -0.4 is 0 Å². The second-order valence-electron chi connectivity index (χ2n) is 15.9. The van der Waals surface area contributed by atoms with E-state index in [2.05, 4.69) is 185 Å². The second kappa shape index (κ2) is 13.6. The van der Waals surface area contributed by atoms with Crippen LogP contribution in [0.2, 0.25) is 0 Å². The van der Waals surface area contributed by atoms with Gasteiger partial charge in [-0.2, -0.15) is 0 Å². The lowest BCUT2D eigenvalue weighted by atomic mass is 9.90. The third kappa shape index (κ3) is 5.06. The average molecular weight is 790 g/mol. The molecule has 0 saturated heterocycles. The molecule has 0 bridgehead atoms. The van der Waals surface area contributed by atoms with Gasteiger partial charge in [0.15, 0.2) is 17.5 Å². The molecule has 3 aromatic heterocycles. The molecule has 5 nitrogen and oxygen atoms in total. The Morgan fingerprint density at radius 1 is 0.274 bits per heavy atom. The first-order valence-electron chi connectivity index (χ1n) is 21.0. The van der Waals surface area contributed by atoms with E-state index >= 15 is 0 Å². The van der Waals surface area contributed by atoms with E-state index in [1.165, 1.54) is 54.3 Å². The van der Waals surface area contributed by atoms with E-state index in [4.69, 9.17) is 15.0 Å². The minimum absolute atomic E-state index is 0.635. The van der Waals surface area contributed by atoms with Crippen molar-refractivity contribution in [1.82, 2.24) is 24.1 Å². The molecule has 5 heteroatoms. The lowest BCUT2D eigenvalue weighted by Crippen LogP contribution is -2.01. The van der Waals surface area contributed by atoms with E-state index in [1.54, 1.807) is 0 Å². The standard InChI is InChI=1S/C57H35N5/c1-4-18-36(19-5-1)55-58-56(37-20-6-2-7-21-37)60-57(59-55)47-30-16-29-46-51(47)42-27-11-10-24-39(42)43-28-17-33-50(52(43)46)62-49-32-15-13-26-41(49)45-35-34-44-40-25-12-14-31-48(40)61(53(44)54(45)62)38-22-8-3-9-23-38/h1-35H. The van der Waals surface area contributed by atoms with Crippen molar-refractivity contribution >= 4 is 75.9 Å². The fourth-order valence-corrected chi connectivity index (χ4v) is 9.93. The summed E-state index contributed by atoms with van der Waals surface area (Å²) in [5.41, 5.74) is 9.77. The first-order chi connectivity index (χ1) is 30.8. The molecule has 13 rings (SSSR count). The number of hydrogen-bond donors (Lipinski definition) is 0. The largest absolute Gasteiger partial charge is 0.307 e. The number of nitrogens with zero attached hydrogens (tertiary/aromatic N) is 5. The molecule has 0 saturated carbocycles. The van der Waals surface area contributed by atoms with Crippen LogP contribution in [0.5, 0.6) is 0 Å². The average Bonchev–Trinajstić information content (AvgIpc) is 3.87. The zero-order chi connectivity index (χ0) is 40.7. The topological polar surface area (TPSA) is 48.5 Å². The molecule has 0 unspecified atom stereocenters. The van der Waals surface area contributed by atoms with Gasteiger partial charge in [0.1, 0.15) is 0 Å². The van der Waals surface area contributed by atoms with Crippen molar-refractivity contribution < 1.29 is 0 Å². The van der Waals surface area contributed by atoms with Crippen LogP contribution in [0.3, 0.4) is 0 Å². The van der Waals surface area contributed by atoms with Crippen molar-refractivity contribution in [2.75, 3.05) is 0 Å². The van der Waals surface area contributed by atoms with E-state index in [-0.39, 0.29) is 0 Å². The number of aromatic nitrogens is 5. The van der Waals surface area contributed by atoms with E-state index in [9.17, 15) is 0 Å². The van der Waals surface area contributed by atoms with Crippen LogP contribution in [0.15, 0.2) is 212 Å². The van der Waals surface area contributed by atoms with Crippen LogP contribution in [0.1, 0.15) is 0 Å². The second-order valence-corrected chi connectivity index (χ2v) is 15.9. The van der Waals surface area contributed by atoms with Gasteiger partial charge in [0.25, 0.3) is 0 Å². The summed E-state index contributed by atoms with van der Waals surface area (Å²) >= 11 is 0. The van der Waals surface area contributed by atoms with Crippen LogP contribution in [0, 0.1) is 0 Å². The van der Waals surface area contributed by atoms with Crippen molar-refractivity contribution in [3.8, 4) is 45.5 Å². The Labute approximate surface area is 356 Å². The molecule has 288 valence electrons. The van der Waals surface area contributed by atoms with Crippen LogP contribution in [-0.2, 0) is 0 Å². The summed E-state index contributed by atoms with van der Waals surface area (Å²) < 4.78 is 4.98. The third-order valence-corrected chi connectivity index (χ3v) is 12.5. The molecule has 0 fully saturated rings. The maximum atomic E-state index is 5.25. The minimum atomic E-state index is 0.635. The van der Waals surface area contributed by atoms with Crippen LogP contribution in [-0.4, -0.2) is 24.1 Å². The van der Waals surface area contributed by atoms with Crippen molar-refractivity contribution in [2.45, 2.75) is 0 Å². The molecule has 0 atom stereocenters. The zero-order valence-electron chi connectivity index (χ0n) is 33.4. The van der Waals surface area contributed by atoms with Gasteiger partial charge in [-0.25, -0.2) is 15.0 Å². The lowest BCUT2D eigenvalue weighted by molar-refractivity contribution is 1.08. The highest BCUT2D eigenvalue weighted by molar-refractivity contribution is 6.31. The molecule has 62 heavy (non-hydrogen) atoms. The Hall–Kier alpha value is -8.41. The Morgan fingerprint density at radius 2 is 0.726 bits per heavy atom. The summed E-state index contributed by atoms with van der Waals surface area (Å²) in [6.45, 7) is 0. The van der Waals surface area contributed by atoms with Gasteiger partial charge in [-0.05, 0) is 51.9 Å². The van der Waals surface area contributed by atoms with Crippen molar-refractivity contribution in [3.63, 3.8) is 0 Å². The van der Waals surface area contributed by atoms with Crippen LogP contribution >= 0.6 is 0 Å². The van der Waals surface area contributed by atoms with E-state index in [0.29, 0.717) is 17.5 Å². The van der Waals surface area contributed by atoms with Gasteiger partial charge >= 0.3 is 0 Å².